The van der Waals surface area contributed by atoms with Crippen molar-refractivity contribution in [2.75, 3.05) is 18.4 Å². The summed E-state index contributed by atoms with van der Waals surface area (Å²) in [4.78, 5) is 24.5. The van der Waals surface area contributed by atoms with Crippen LogP contribution in [0.3, 0.4) is 0 Å². The van der Waals surface area contributed by atoms with E-state index in [0.717, 1.165) is 47.2 Å². The van der Waals surface area contributed by atoms with E-state index < -0.39 is 0 Å². The zero-order valence-corrected chi connectivity index (χ0v) is 17.2. The third-order valence-corrected chi connectivity index (χ3v) is 5.78. The first kappa shape index (κ1) is 19.2. The normalized spacial score (nSPS) is 16.3. The van der Waals surface area contributed by atoms with E-state index in [-0.39, 0.29) is 11.9 Å². The Morgan fingerprint density at radius 3 is 2.58 bits per heavy atom. The number of anilines is 1. The van der Waals surface area contributed by atoms with Crippen molar-refractivity contribution < 1.29 is 4.79 Å². The average molecular weight is 409 g/mol. The molecule has 31 heavy (non-hydrogen) atoms. The van der Waals surface area contributed by atoms with Gasteiger partial charge in [0.2, 0.25) is 0 Å². The lowest BCUT2D eigenvalue weighted by Crippen LogP contribution is -2.45. The van der Waals surface area contributed by atoms with E-state index >= 15 is 0 Å². The molecule has 154 valence electrons. The van der Waals surface area contributed by atoms with Crippen LogP contribution in [0.4, 0.5) is 5.69 Å². The zero-order chi connectivity index (χ0) is 21.0. The number of aromatic nitrogens is 2. The second kappa shape index (κ2) is 8.56. The van der Waals surface area contributed by atoms with E-state index in [0.29, 0.717) is 12.1 Å². The molecule has 2 aromatic heterocycles. The molecule has 0 saturated carbocycles. The van der Waals surface area contributed by atoms with Crippen molar-refractivity contribution in [3.63, 3.8) is 0 Å². The maximum atomic E-state index is 13.7. The first-order valence-corrected chi connectivity index (χ1v) is 10.7. The van der Waals surface area contributed by atoms with Gasteiger partial charge in [0.25, 0.3) is 5.91 Å². The van der Waals surface area contributed by atoms with Crippen molar-refractivity contribution >= 4 is 22.5 Å². The Morgan fingerprint density at radius 2 is 1.74 bits per heavy atom. The smallest absolute Gasteiger partial charge is 0.254 e. The number of para-hydroxylation sites is 2. The van der Waals surface area contributed by atoms with E-state index in [4.69, 9.17) is 4.98 Å². The molecule has 1 N–H and O–H groups in total. The summed E-state index contributed by atoms with van der Waals surface area (Å²) in [6.07, 6.45) is 5.53. The lowest BCUT2D eigenvalue weighted by atomic mass is 10.0. The fourth-order valence-electron chi connectivity index (χ4n) is 4.24. The van der Waals surface area contributed by atoms with Gasteiger partial charge in [-0.3, -0.25) is 9.78 Å². The number of hydrogen-bond acceptors (Lipinski definition) is 4. The first-order valence-electron chi connectivity index (χ1n) is 10.7. The van der Waals surface area contributed by atoms with Crippen LogP contribution in [0, 0.1) is 0 Å². The third-order valence-electron chi connectivity index (χ3n) is 5.78. The minimum Gasteiger partial charge on any atom is -0.381 e. The van der Waals surface area contributed by atoms with E-state index in [1.807, 2.05) is 65.6 Å². The number of piperidine rings is 1. The summed E-state index contributed by atoms with van der Waals surface area (Å²) in [5, 5.41) is 4.47. The molecule has 2 aromatic carbocycles. The number of amides is 1. The minimum atomic E-state index is 0.0634. The Morgan fingerprint density at radius 1 is 0.968 bits per heavy atom. The van der Waals surface area contributed by atoms with E-state index in [9.17, 15) is 4.79 Å². The Kier molecular flexibility index (Phi) is 5.31. The van der Waals surface area contributed by atoms with Gasteiger partial charge in [-0.2, -0.15) is 0 Å². The fourth-order valence-corrected chi connectivity index (χ4v) is 4.24. The molecule has 0 radical (unpaired) electrons. The molecule has 0 unspecified atom stereocenters. The number of likely N-dealkylation sites (tertiary alicyclic amines) is 1. The van der Waals surface area contributed by atoms with Gasteiger partial charge in [-0.05, 0) is 49.2 Å². The maximum Gasteiger partial charge on any atom is 0.254 e. The Balaban J connectivity index is 1.46. The lowest BCUT2D eigenvalue weighted by Gasteiger charge is -2.34. The molecule has 1 saturated heterocycles. The number of hydrogen-bond donors (Lipinski definition) is 1. The summed E-state index contributed by atoms with van der Waals surface area (Å²) in [5.41, 5.74) is 4.38. The standard InChI is InChI=1S/C26H24N4O/c31-26(30-16-6-9-21(18-30)28-20-7-2-1-3-8-20)23-17-25(19-12-14-27-15-13-19)29-24-11-5-4-10-22(23)24/h1-5,7-8,10-15,17,21,28H,6,9,16,18H2/t21-/m0/s1. The van der Waals surface area contributed by atoms with Gasteiger partial charge in [-0.25, -0.2) is 4.98 Å². The topological polar surface area (TPSA) is 58.1 Å². The second-order valence-electron chi connectivity index (χ2n) is 7.91. The van der Waals surface area contributed by atoms with Crippen molar-refractivity contribution in [1.82, 2.24) is 14.9 Å². The molecule has 1 fully saturated rings. The first-order chi connectivity index (χ1) is 15.3. The summed E-state index contributed by atoms with van der Waals surface area (Å²) in [6, 6.07) is 24.1. The number of fused-ring (bicyclic) bond motifs is 1. The van der Waals surface area contributed by atoms with Crippen LogP contribution in [-0.4, -0.2) is 39.9 Å². The lowest BCUT2D eigenvalue weighted by molar-refractivity contribution is 0.0717. The van der Waals surface area contributed by atoms with Crippen LogP contribution in [-0.2, 0) is 0 Å². The highest BCUT2D eigenvalue weighted by atomic mass is 16.2. The SMILES string of the molecule is O=C(c1cc(-c2ccncc2)nc2ccccc12)N1CCC[C@H](Nc2ccccc2)C1. The molecule has 1 atom stereocenters. The third kappa shape index (κ3) is 4.12. The van der Waals surface area contributed by atoms with Crippen LogP contribution < -0.4 is 5.32 Å². The van der Waals surface area contributed by atoms with Gasteiger partial charge in [0.15, 0.2) is 0 Å². The Labute approximate surface area is 181 Å². The number of carbonyl (C=O) groups is 1. The predicted octanol–water partition coefficient (Wildman–Crippen LogP) is 5.01. The fraction of sp³-hybridized carbons (Fsp3) is 0.192. The summed E-state index contributed by atoms with van der Waals surface area (Å²) < 4.78 is 0. The number of nitrogens with zero attached hydrogens (tertiary/aromatic N) is 3. The minimum absolute atomic E-state index is 0.0634. The molecule has 5 nitrogen and oxygen atoms in total. The van der Waals surface area contributed by atoms with Crippen molar-refractivity contribution in [2.24, 2.45) is 0 Å². The van der Waals surface area contributed by atoms with Crippen molar-refractivity contribution in [3.05, 3.63) is 90.8 Å². The number of rotatable bonds is 4. The van der Waals surface area contributed by atoms with Crippen LogP contribution in [0.25, 0.3) is 22.2 Å². The average Bonchev–Trinajstić information content (AvgIpc) is 2.84. The van der Waals surface area contributed by atoms with Gasteiger partial charge in [-0.15, -0.1) is 0 Å². The molecule has 1 aliphatic rings. The molecule has 0 bridgehead atoms. The van der Waals surface area contributed by atoms with Crippen molar-refractivity contribution in [3.8, 4) is 11.3 Å². The molecule has 5 heteroatoms. The maximum absolute atomic E-state index is 13.7. The molecule has 0 aliphatic carbocycles. The molecule has 4 aromatic rings. The largest absolute Gasteiger partial charge is 0.381 e. The van der Waals surface area contributed by atoms with Crippen LogP contribution >= 0.6 is 0 Å². The molecule has 1 aliphatic heterocycles. The monoisotopic (exact) mass is 408 g/mol. The van der Waals surface area contributed by atoms with Gasteiger partial charge in [0.05, 0.1) is 16.8 Å². The van der Waals surface area contributed by atoms with Gasteiger partial charge in [-0.1, -0.05) is 36.4 Å². The molecular weight excluding hydrogens is 384 g/mol. The van der Waals surface area contributed by atoms with Gasteiger partial charge < -0.3 is 10.2 Å². The number of carbonyl (C=O) groups excluding carboxylic acids is 1. The van der Waals surface area contributed by atoms with Crippen LogP contribution in [0.1, 0.15) is 23.2 Å². The predicted molar refractivity (Wildman–Crippen MR) is 124 cm³/mol. The van der Waals surface area contributed by atoms with Crippen LogP contribution in [0.2, 0.25) is 0 Å². The summed E-state index contributed by atoms with van der Waals surface area (Å²) in [5.74, 6) is 0.0634. The number of nitrogens with one attached hydrogen (secondary N) is 1. The summed E-state index contributed by atoms with van der Waals surface area (Å²) in [6.45, 7) is 1.46. The van der Waals surface area contributed by atoms with Gasteiger partial charge in [0.1, 0.15) is 0 Å². The van der Waals surface area contributed by atoms with E-state index in [2.05, 4.69) is 22.4 Å². The summed E-state index contributed by atoms with van der Waals surface area (Å²) in [7, 11) is 0. The molecular formula is C26H24N4O. The Hall–Kier alpha value is -3.73. The van der Waals surface area contributed by atoms with Crippen LogP contribution in [0.15, 0.2) is 85.2 Å². The zero-order valence-electron chi connectivity index (χ0n) is 17.2. The van der Waals surface area contributed by atoms with Gasteiger partial charge in [0, 0.05) is 48.2 Å². The van der Waals surface area contributed by atoms with E-state index in [1.54, 1.807) is 12.4 Å². The van der Waals surface area contributed by atoms with E-state index in [1.165, 1.54) is 0 Å². The molecule has 0 spiro atoms. The highest BCUT2D eigenvalue weighted by molar-refractivity contribution is 6.07. The second-order valence-corrected chi connectivity index (χ2v) is 7.91. The van der Waals surface area contributed by atoms with Crippen molar-refractivity contribution in [1.29, 1.82) is 0 Å². The Bertz CT molecular complexity index is 1190. The molecule has 3 heterocycles. The number of pyridine rings is 2. The molecule has 1 amide bonds. The highest BCUT2D eigenvalue weighted by Gasteiger charge is 2.26. The van der Waals surface area contributed by atoms with Gasteiger partial charge >= 0.3 is 0 Å². The summed E-state index contributed by atoms with van der Waals surface area (Å²) >= 11 is 0. The van der Waals surface area contributed by atoms with Crippen LogP contribution in [0.5, 0.6) is 0 Å². The number of benzene rings is 2. The highest BCUT2D eigenvalue weighted by Crippen LogP contribution is 2.27. The van der Waals surface area contributed by atoms with Crippen molar-refractivity contribution in [2.45, 2.75) is 18.9 Å². The quantitative estimate of drug-likeness (QED) is 0.515. The molecule has 5 rings (SSSR count).